The van der Waals surface area contributed by atoms with Crippen molar-refractivity contribution in [3.05, 3.63) is 0 Å². The first-order valence-electron chi connectivity index (χ1n) is 6.68. The van der Waals surface area contributed by atoms with Crippen molar-refractivity contribution in [2.24, 2.45) is 0 Å². The van der Waals surface area contributed by atoms with Crippen molar-refractivity contribution >= 4 is 17.9 Å². The van der Waals surface area contributed by atoms with Crippen LogP contribution in [0.5, 0.6) is 0 Å². The number of hydrogen-bond acceptors (Lipinski definition) is 4. The zero-order valence-corrected chi connectivity index (χ0v) is 11.3. The number of ether oxygens (including phenoxy) is 1. The molecule has 0 aromatic heterocycles. The lowest BCUT2D eigenvalue weighted by Gasteiger charge is -2.36. The largest absolute Gasteiger partial charge is 0.479 e. The molecule has 2 atom stereocenters. The van der Waals surface area contributed by atoms with E-state index in [2.05, 4.69) is 10.6 Å². The molecular formula is C12H19N3O5. The number of piperazine rings is 1. The maximum Gasteiger partial charge on any atom is 0.332 e. The van der Waals surface area contributed by atoms with E-state index in [1.165, 1.54) is 4.90 Å². The van der Waals surface area contributed by atoms with E-state index in [-0.39, 0.29) is 18.9 Å². The maximum absolute atomic E-state index is 12.3. The van der Waals surface area contributed by atoms with Crippen LogP contribution in [-0.4, -0.2) is 65.8 Å². The molecular weight excluding hydrogens is 266 g/mol. The minimum atomic E-state index is -1.39. The fourth-order valence-corrected chi connectivity index (χ4v) is 2.53. The number of rotatable bonds is 3. The highest BCUT2D eigenvalue weighted by Gasteiger charge is 2.45. The fourth-order valence-electron chi connectivity index (χ4n) is 2.53. The number of carboxylic acids is 1. The van der Waals surface area contributed by atoms with E-state index in [1.807, 2.05) is 6.92 Å². The van der Waals surface area contributed by atoms with Crippen molar-refractivity contribution in [2.75, 3.05) is 26.3 Å². The van der Waals surface area contributed by atoms with Crippen molar-refractivity contribution in [3.63, 3.8) is 0 Å². The summed E-state index contributed by atoms with van der Waals surface area (Å²) in [6.07, 6.45) is 0.709. The first kappa shape index (κ1) is 14.6. The topological polar surface area (TPSA) is 108 Å². The van der Waals surface area contributed by atoms with Gasteiger partial charge in [0.1, 0.15) is 6.04 Å². The highest BCUT2D eigenvalue weighted by Crippen LogP contribution is 2.20. The van der Waals surface area contributed by atoms with Gasteiger partial charge in [-0.1, -0.05) is 6.92 Å². The van der Waals surface area contributed by atoms with Gasteiger partial charge >= 0.3 is 12.0 Å². The summed E-state index contributed by atoms with van der Waals surface area (Å²) in [5.74, 6) is -1.32. The van der Waals surface area contributed by atoms with Crippen molar-refractivity contribution < 1.29 is 24.2 Å². The van der Waals surface area contributed by atoms with Crippen LogP contribution in [-0.2, 0) is 14.3 Å². The second kappa shape index (κ2) is 5.66. The van der Waals surface area contributed by atoms with Gasteiger partial charge in [-0.2, -0.15) is 0 Å². The molecule has 2 fully saturated rings. The van der Waals surface area contributed by atoms with Gasteiger partial charge in [0.25, 0.3) is 0 Å². The molecule has 0 spiro atoms. The molecule has 3 amide bonds. The predicted molar refractivity (Wildman–Crippen MR) is 68.1 cm³/mol. The van der Waals surface area contributed by atoms with Gasteiger partial charge < -0.3 is 25.4 Å². The Labute approximate surface area is 116 Å². The summed E-state index contributed by atoms with van der Waals surface area (Å²) in [5, 5.41) is 14.5. The number of nitrogens with zero attached hydrogens (tertiary/aromatic N) is 1. The lowest BCUT2D eigenvalue weighted by molar-refractivity contribution is -0.144. The number of carboxylic acid groups (broad SMARTS) is 1. The molecule has 2 saturated heterocycles. The lowest BCUT2D eigenvalue weighted by atomic mass is 9.99. The van der Waals surface area contributed by atoms with Gasteiger partial charge in [-0.3, -0.25) is 4.79 Å². The van der Waals surface area contributed by atoms with Crippen LogP contribution < -0.4 is 10.6 Å². The van der Waals surface area contributed by atoms with Crippen molar-refractivity contribution in [1.82, 2.24) is 15.5 Å². The monoisotopic (exact) mass is 285 g/mol. The Morgan fingerprint density at radius 2 is 2.35 bits per heavy atom. The minimum Gasteiger partial charge on any atom is -0.479 e. The van der Waals surface area contributed by atoms with Gasteiger partial charge in [0.2, 0.25) is 5.91 Å². The van der Waals surface area contributed by atoms with E-state index in [0.29, 0.717) is 26.1 Å². The number of urea groups is 1. The summed E-state index contributed by atoms with van der Waals surface area (Å²) in [4.78, 5) is 36.8. The summed E-state index contributed by atoms with van der Waals surface area (Å²) in [6.45, 7) is 2.79. The van der Waals surface area contributed by atoms with Crippen LogP contribution in [0, 0.1) is 0 Å². The Balaban J connectivity index is 2.10. The number of carbonyl (C=O) groups is 3. The highest BCUT2D eigenvalue weighted by atomic mass is 16.5. The summed E-state index contributed by atoms with van der Waals surface area (Å²) in [7, 11) is 0. The number of hydrogen-bond donors (Lipinski definition) is 3. The zero-order valence-electron chi connectivity index (χ0n) is 11.3. The van der Waals surface area contributed by atoms with Crippen LogP contribution in [0.3, 0.4) is 0 Å². The van der Waals surface area contributed by atoms with E-state index in [9.17, 15) is 19.5 Å². The van der Waals surface area contributed by atoms with E-state index in [4.69, 9.17) is 4.74 Å². The molecule has 2 aliphatic heterocycles. The van der Waals surface area contributed by atoms with Crippen LogP contribution >= 0.6 is 0 Å². The Morgan fingerprint density at radius 1 is 1.60 bits per heavy atom. The average Bonchev–Trinajstić information content (AvgIpc) is 2.88. The van der Waals surface area contributed by atoms with Gasteiger partial charge in [0.05, 0.1) is 6.61 Å². The third kappa shape index (κ3) is 2.55. The summed E-state index contributed by atoms with van der Waals surface area (Å²) in [6, 6.07) is -1.09. The average molecular weight is 285 g/mol. The first-order chi connectivity index (χ1) is 9.50. The highest BCUT2D eigenvalue weighted by molar-refractivity contribution is 5.91. The van der Waals surface area contributed by atoms with Crippen LogP contribution in [0.2, 0.25) is 0 Å². The SMILES string of the molecule is CCC1C(=O)NCCN1C(=O)NC1(C(=O)O)CCOC1. The minimum absolute atomic E-state index is 0.0507. The van der Waals surface area contributed by atoms with Gasteiger partial charge in [-0.25, -0.2) is 9.59 Å². The summed E-state index contributed by atoms with van der Waals surface area (Å²) in [5.41, 5.74) is -1.39. The normalized spacial score (nSPS) is 29.9. The molecule has 2 aliphatic rings. The molecule has 0 radical (unpaired) electrons. The molecule has 0 aliphatic carbocycles. The van der Waals surface area contributed by atoms with Gasteiger partial charge in [-0.15, -0.1) is 0 Å². The second-order valence-electron chi connectivity index (χ2n) is 5.03. The van der Waals surface area contributed by atoms with E-state index in [0.717, 1.165) is 0 Å². The molecule has 0 aromatic rings. The Kier molecular flexibility index (Phi) is 4.12. The lowest BCUT2D eigenvalue weighted by Crippen LogP contribution is -2.64. The molecule has 8 heteroatoms. The quantitative estimate of drug-likeness (QED) is 0.626. The Hall–Kier alpha value is -1.83. The molecule has 112 valence electrons. The maximum atomic E-state index is 12.3. The third-order valence-electron chi connectivity index (χ3n) is 3.76. The standard InChI is InChI=1S/C12H19N3O5/c1-2-8-9(16)13-4-5-15(8)11(19)14-12(10(17)18)3-6-20-7-12/h8H,2-7H2,1H3,(H,13,16)(H,14,19)(H,17,18). The first-order valence-corrected chi connectivity index (χ1v) is 6.68. The summed E-state index contributed by atoms with van der Waals surface area (Å²) < 4.78 is 5.09. The molecule has 3 N–H and O–H groups in total. The van der Waals surface area contributed by atoms with Crippen molar-refractivity contribution in [1.29, 1.82) is 0 Å². The zero-order chi connectivity index (χ0) is 14.8. The van der Waals surface area contributed by atoms with E-state index in [1.54, 1.807) is 0 Å². The number of amides is 3. The second-order valence-corrected chi connectivity index (χ2v) is 5.03. The molecule has 0 aromatic carbocycles. The van der Waals surface area contributed by atoms with Crippen LogP contribution in [0.4, 0.5) is 4.79 Å². The van der Waals surface area contributed by atoms with E-state index < -0.39 is 23.6 Å². The van der Waals surface area contributed by atoms with Gasteiger partial charge in [0, 0.05) is 26.1 Å². The molecule has 0 bridgehead atoms. The third-order valence-corrected chi connectivity index (χ3v) is 3.76. The molecule has 2 unspecified atom stereocenters. The number of aliphatic carboxylic acids is 1. The molecule has 2 heterocycles. The number of carbonyl (C=O) groups excluding carboxylic acids is 2. The van der Waals surface area contributed by atoms with E-state index >= 15 is 0 Å². The van der Waals surface area contributed by atoms with Crippen molar-refractivity contribution in [2.45, 2.75) is 31.3 Å². The molecule has 0 saturated carbocycles. The predicted octanol–water partition coefficient (Wildman–Crippen LogP) is -0.850. The van der Waals surface area contributed by atoms with Crippen molar-refractivity contribution in [3.8, 4) is 0 Å². The Bertz CT molecular complexity index is 419. The molecule has 20 heavy (non-hydrogen) atoms. The molecule has 2 rings (SSSR count). The number of nitrogens with one attached hydrogen (secondary N) is 2. The molecule has 8 nitrogen and oxygen atoms in total. The smallest absolute Gasteiger partial charge is 0.332 e. The van der Waals surface area contributed by atoms with Crippen LogP contribution in [0.15, 0.2) is 0 Å². The Morgan fingerprint density at radius 3 is 2.90 bits per heavy atom. The van der Waals surface area contributed by atoms with Gasteiger partial charge in [0.15, 0.2) is 5.54 Å². The summed E-state index contributed by atoms with van der Waals surface area (Å²) >= 11 is 0. The fraction of sp³-hybridized carbons (Fsp3) is 0.750. The van der Waals surface area contributed by atoms with Gasteiger partial charge in [-0.05, 0) is 6.42 Å². The van der Waals surface area contributed by atoms with Crippen LogP contribution in [0.25, 0.3) is 0 Å². The van der Waals surface area contributed by atoms with Crippen LogP contribution in [0.1, 0.15) is 19.8 Å².